The first kappa shape index (κ1) is 56.4. The molecule has 0 radical (unpaired) electrons. The molecule has 6 heteroatoms. The summed E-state index contributed by atoms with van der Waals surface area (Å²) in [5, 5.41) is 0. The van der Waals surface area contributed by atoms with Gasteiger partial charge in [0.15, 0.2) is 6.10 Å². The van der Waals surface area contributed by atoms with Crippen LogP contribution in [0.5, 0.6) is 0 Å². The molecule has 0 aliphatic carbocycles. The molecule has 0 bridgehead atoms. The van der Waals surface area contributed by atoms with Crippen LogP contribution in [0.3, 0.4) is 0 Å². The SMILES string of the molecule is CCCCCCCCCCCCCCCCCCCCC(=O)O[C@@H](COC(=O)CCCCCCCCCCCC)COC(=O)CCCCCCCCCCCC(C)C. The van der Waals surface area contributed by atoms with Crippen molar-refractivity contribution in [3.63, 3.8) is 0 Å². The van der Waals surface area contributed by atoms with Crippen LogP contribution in [0.2, 0.25) is 0 Å². The highest BCUT2D eigenvalue weighted by molar-refractivity contribution is 5.71. The Hall–Kier alpha value is -1.59. The van der Waals surface area contributed by atoms with Crippen molar-refractivity contribution in [1.29, 1.82) is 0 Å². The van der Waals surface area contributed by atoms with Crippen molar-refractivity contribution in [2.45, 2.75) is 297 Å². The lowest BCUT2D eigenvalue weighted by Gasteiger charge is -2.18. The van der Waals surface area contributed by atoms with Crippen LogP contribution < -0.4 is 0 Å². The Morgan fingerprint density at radius 3 is 0.845 bits per heavy atom. The van der Waals surface area contributed by atoms with Gasteiger partial charge in [-0.2, -0.15) is 0 Å². The molecule has 0 heterocycles. The highest BCUT2D eigenvalue weighted by atomic mass is 16.6. The van der Waals surface area contributed by atoms with Gasteiger partial charge in [0, 0.05) is 19.3 Å². The predicted octanol–water partition coefficient (Wildman–Crippen LogP) is 16.7. The molecule has 0 aliphatic heterocycles. The lowest BCUT2D eigenvalue weighted by atomic mass is 10.0. The van der Waals surface area contributed by atoms with Gasteiger partial charge in [-0.1, -0.05) is 252 Å². The van der Waals surface area contributed by atoms with Crippen LogP contribution in [0.25, 0.3) is 0 Å². The molecule has 58 heavy (non-hydrogen) atoms. The van der Waals surface area contributed by atoms with Gasteiger partial charge in [-0.25, -0.2) is 0 Å². The standard InChI is InChI=1S/C52H100O6/c1-5-7-9-11-13-15-17-18-19-20-21-22-23-24-28-33-37-41-45-52(55)58-49(46-56-50(53)43-39-35-31-27-16-14-12-10-8-6-2)47-57-51(54)44-40-36-32-29-25-26-30-34-38-42-48(3)4/h48-49H,5-47H2,1-4H3/t49-/m0/s1. The Morgan fingerprint density at radius 2 is 0.569 bits per heavy atom. The summed E-state index contributed by atoms with van der Waals surface area (Å²) in [6, 6.07) is 0. The van der Waals surface area contributed by atoms with E-state index in [1.165, 1.54) is 186 Å². The molecular weight excluding hydrogens is 721 g/mol. The second kappa shape index (κ2) is 46.5. The first-order chi connectivity index (χ1) is 28.4. The molecule has 0 aliphatic rings. The highest BCUT2D eigenvalue weighted by Gasteiger charge is 2.19. The molecule has 0 saturated carbocycles. The van der Waals surface area contributed by atoms with Crippen LogP contribution in [-0.4, -0.2) is 37.2 Å². The zero-order chi connectivity index (χ0) is 42.4. The molecule has 0 aromatic heterocycles. The Balaban J connectivity index is 4.26. The summed E-state index contributed by atoms with van der Waals surface area (Å²) in [4.78, 5) is 37.9. The molecule has 0 N–H and O–H groups in total. The molecule has 0 spiro atoms. The van der Waals surface area contributed by atoms with E-state index in [1.807, 2.05) is 0 Å². The maximum absolute atomic E-state index is 12.8. The van der Waals surface area contributed by atoms with E-state index in [-0.39, 0.29) is 31.1 Å². The summed E-state index contributed by atoms with van der Waals surface area (Å²) in [6.07, 6.45) is 48.1. The van der Waals surface area contributed by atoms with E-state index in [0.29, 0.717) is 19.3 Å². The molecule has 0 aromatic carbocycles. The van der Waals surface area contributed by atoms with Gasteiger partial charge in [-0.05, 0) is 25.2 Å². The third-order valence-corrected chi connectivity index (χ3v) is 11.8. The van der Waals surface area contributed by atoms with Gasteiger partial charge in [0.2, 0.25) is 0 Å². The lowest BCUT2D eigenvalue weighted by molar-refractivity contribution is -0.167. The van der Waals surface area contributed by atoms with Crippen LogP contribution in [-0.2, 0) is 28.6 Å². The molecule has 0 saturated heterocycles. The van der Waals surface area contributed by atoms with Gasteiger partial charge in [0.1, 0.15) is 13.2 Å². The molecule has 1 atom stereocenters. The molecule has 0 fully saturated rings. The van der Waals surface area contributed by atoms with E-state index >= 15 is 0 Å². The van der Waals surface area contributed by atoms with Crippen molar-refractivity contribution in [2.24, 2.45) is 5.92 Å². The van der Waals surface area contributed by atoms with E-state index in [0.717, 1.165) is 63.7 Å². The fraction of sp³-hybridized carbons (Fsp3) is 0.942. The number of ether oxygens (including phenoxy) is 3. The highest BCUT2D eigenvalue weighted by Crippen LogP contribution is 2.17. The summed E-state index contributed by atoms with van der Waals surface area (Å²) in [7, 11) is 0. The van der Waals surface area contributed by atoms with E-state index in [4.69, 9.17) is 14.2 Å². The third-order valence-electron chi connectivity index (χ3n) is 11.8. The van der Waals surface area contributed by atoms with Gasteiger partial charge < -0.3 is 14.2 Å². The average molecular weight is 821 g/mol. The number of rotatable bonds is 47. The van der Waals surface area contributed by atoms with Crippen molar-refractivity contribution in [1.82, 2.24) is 0 Å². The number of carbonyl (C=O) groups excluding carboxylic acids is 3. The zero-order valence-corrected chi connectivity index (χ0v) is 39.5. The topological polar surface area (TPSA) is 78.9 Å². The zero-order valence-electron chi connectivity index (χ0n) is 39.5. The lowest BCUT2D eigenvalue weighted by Crippen LogP contribution is -2.30. The van der Waals surface area contributed by atoms with Crippen molar-refractivity contribution >= 4 is 17.9 Å². The fourth-order valence-corrected chi connectivity index (χ4v) is 7.86. The second-order valence-electron chi connectivity index (χ2n) is 18.3. The Labute approximate surface area is 361 Å². The first-order valence-electron chi connectivity index (χ1n) is 25.9. The van der Waals surface area contributed by atoms with E-state index < -0.39 is 6.10 Å². The minimum Gasteiger partial charge on any atom is -0.462 e. The predicted molar refractivity (Wildman–Crippen MR) is 247 cm³/mol. The smallest absolute Gasteiger partial charge is 0.306 e. The monoisotopic (exact) mass is 821 g/mol. The fourth-order valence-electron chi connectivity index (χ4n) is 7.86. The molecule has 0 aromatic rings. The largest absolute Gasteiger partial charge is 0.462 e. The summed E-state index contributed by atoms with van der Waals surface area (Å²) < 4.78 is 16.8. The van der Waals surface area contributed by atoms with Crippen molar-refractivity contribution in [2.75, 3.05) is 13.2 Å². The quantitative estimate of drug-likeness (QED) is 0.0346. The van der Waals surface area contributed by atoms with E-state index in [9.17, 15) is 14.4 Å². The minimum atomic E-state index is -0.760. The Morgan fingerprint density at radius 1 is 0.328 bits per heavy atom. The molecular formula is C52H100O6. The summed E-state index contributed by atoms with van der Waals surface area (Å²) in [5.74, 6) is -0.0389. The normalized spacial score (nSPS) is 11.9. The Kier molecular flexibility index (Phi) is 45.2. The van der Waals surface area contributed by atoms with Crippen molar-refractivity contribution in [3.05, 3.63) is 0 Å². The number of carbonyl (C=O) groups is 3. The molecule has 344 valence electrons. The number of esters is 3. The van der Waals surface area contributed by atoms with Crippen LogP contribution in [0.1, 0.15) is 291 Å². The molecule has 0 rings (SSSR count). The first-order valence-corrected chi connectivity index (χ1v) is 25.9. The molecule has 0 unspecified atom stereocenters. The van der Waals surface area contributed by atoms with E-state index in [2.05, 4.69) is 27.7 Å². The Bertz CT molecular complexity index is 872. The van der Waals surface area contributed by atoms with Gasteiger partial charge in [0.25, 0.3) is 0 Å². The van der Waals surface area contributed by atoms with E-state index in [1.54, 1.807) is 0 Å². The maximum Gasteiger partial charge on any atom is 0.306 e. The van der Waals surface area contributed by atoms with Crippen LogP contribution >= 0.6 is 0 Å². The van der Waals surface area contributed by atoms with Crippen molar-refractivity contribution < 1.29 is 28.6 Å². The average Bonchev–Trinajstić information content (AvgIpc) is 3.21. The van der Waals surface area contributed by atoms with Crippen LogP contribution in [0.15, 0.2) is 0 Å². The number of hydrogen-bond donors (Lipinski definition) is 0. The van der Waals surface area contributed by atoms with Crippen molar-refractivity contribution in [3.8, 4) is 0 Å². The van der Waals surface area contributed by atoms with Gasteiger partial charge in [-0.3, -0.25) is 14.4 Å². The summed E-state index contributed by atoms with van der Waals surface area (Å²) in [5.41, 5.74) is 0. The van der Waals surface area contributed by atoms with Gasteiger partial charge in [-0.15, -0.1) is 0 Å². The van der Waals surface area contributed by atoms with Gasteiger partial charge in [0.05, 0.1) is 0 Å². The number of unbranched alkanes of at least 4 members (excludes halogenated alkanes) is 34. The minimum absolute atomic E-state index is 0.0633. The number of hydrogen-bond acceptors (Lipinski definition) is 6. The molecule has 6 nitrogen and oxygen atoms in total. The van der Waals surface area contributed by atoms with Crippen LogP contribution in [0.4, 0.5) is 0 Å². The van der Waals surface area contributed by atoms with Gasteiger partial charge >= 0.3 is 17.9 Å². The third kappa shape index (κ3) is 45.5. The summed E-state index contributed by atoms with van der Waals surface area (Å²) in [6.45, 7) is 8.99. The maximum atomic E-state index is 12.8. The van der Waals surface area contributed by atoms with Crippen LogP contribution in [0, 0.1) is 5.92 Å². The summed E-state index contributed by atoms with van der Waals surface area (Å²) >= 11 is 0. The molecule has 0 amide bonds. The second-order valence-corrected chi connectivity index (χ2v) is 18.3.